The Morgan fingerprint density at radius 3 is 2.15 bits per heavy atom. The number of nitro benzene ring substituents is 1. The minimum atomic E-state index is -1.14. The van der Waals surface area contributed by atoms with Crippen LogP contribution in [0.3, 0.4) is 0 Å². The van der Waals surface area contributed by atoms with Crippen LogP contribution in [0, 0.1) is 10.1 Å². The van der Waals surface area contributed by atoms with Crippen molar-refractivity contribution in [2.24, 2.45) is 0 Å². The highest BCUT2D eigenvalue weighted by atomic mass is 16.6. The number of ketones is 2. The van der Waals surface area contributed by atoms with Gasteiger partial charge in [0.2, 0.25) is 5.78 Å². The minimum absolute atomic E-state index is 0.0198. The number of rotatable bonds is 6. The van der Waals surface area contributed by atoms with Gasteiger partial charge in [0.05, 0.1) is 4.92 Å². The van der Waals surface area contributed by atoms with E-state index >= 15 is 0 Å². The Balaban J connectivity index is 1.58. The maximum absolute atomic E-state index is 13.0. The number of hydrogen-bond acceptors (Lipinski definition) is 7. The molecule has 34 heavy (non-hydrogen) atoms. The molecule has 3 aromatic carbocycles. The molecule has 0 aromatic heterocycles. The van der Waals surface area contributed by atoms with E-state index in [1.54, 1.807) is 6.07 Å². The summed E-state index contributed by atoms with van der Waals surface area (Å²) in [5.74, 6) is -2.94. The largest absolute Gasteiger partial charge is 0.452 e. The van der Waals surface area contributed by atoms with Gasteiger partial charge in [0.25, 0.3) is 11.6 Å². The van der Waals surface area contributed by atoms with Gasteiger partial charge in [0, 0.05) is 30.3 Å². The fourth-order valence-corrected chi connectivity index (χ4v) is 3.78. The second-order valence-electron chi connectivity index (χ2n) is 7.66. The molecule has 0 fully saturated rings. The first-order valence-electron chi connectivity index (χ1n) is 10.2. The highest BCUT2D eigenvalue weighted by molar-refractivity contribution is 6.30. The summed E-state index contributed by atoms with van der Waals surface area (Å²) >= 11 is 0. The lowest BCUT2D eigenvalue weighted by molar-refractivity contribution is -0.385. The Morgan fingerprint density at radius 2 is 1.50 bits per heavy atom. The summed E-state index contributed by atoms with van der Waals surface area (Å²) in [5.41, 5.74) is -0.925. The van der Waals surface area contributed by atoms with Crippen LogP contribution in [-0.4, -0.2) is 46.9 Å². The van der Waals surface area contributed by atoms with Crippen molar-refractivity contribution in [3.8, 4) is 0 Å². The third kappa shape index (κ3) is 4.06. The van der Waals surface area contributed by atoms with Gasteiger partial charge >= 0.3 is 5.97 Å². The molecular weight excluding hydrogens is 440 g/mol. The van der Waals surface area contributed by atoms with E-state index in [-0.39, 0.29) is 23.2 Å². The first-order valence-corrected chi connectivity index (χ1v) is 10.2. The first-order chi connectivity index (χ1) is 16.3. The molecule has 0 saturated heterocycles. The van der Waals surface area contributed by atoms with Gasteiger partial charge in [0.15, 0.2) is 12.4 Å². The van der Waals surface area contributed by atoms with Crippen molar-refractivity contribution in [1.29, 1.82) is 0 Å². The van der Waals surface area contributed by atoms with Crippen molar-refractivity contribution in [2.45, 2.75) is 6.54 Å². The predicted octanol–water partition coefficient (Wildman–Crippen LogP) is 3.19. The van der Waals surface area contributed by atoms with Crippen LogP contribution in [0.1, 0.15) is 47.8 Å². The number of carbonyl (C=O) groups is 4. The van der Waals surface area contributed by atoms with Crippen molar-refractivity contribution >= 4 is 29.1 Å². The molecule has 9 nitrogen and oxygen atoms in total. The van der Waals surface area contributed by atoms with Crippen LogP contribution >= 0.6 is 0 Å². The maximum Gasteiger partial charge on any atom is 0.345 e. The average molecular weight is 458 g/mol. The van der Waals surface area contributed by atoms with Crippen molar-refractivity contribution < 1.29 is 28.8 Å². The third-order valence-corrected chi connectivity index (χ3v) is 5.48. The molecule has 0 unspecified atom stereocenters. The van der Waals surface area contributed by atoms with E-state index in [1.807, 2.05) is 30.3 Å². The molecule has 0 heterocycles. The number of nitro groups is 1. The van der Waals surface area contributed by atoms with Gasteiger partial charge < -0.3 is 9.64 Å². The molecule has 0 N–H and O–H groups in total. The van der Waals surface area contributed by atoms with Gasteiger partial charge in [-0.3, -0.25) is 24.5 Å². The zero-order valence-corrected chi connectivity index (χ0v) is 18.0. The third-order valence-electron chi connectivity index (χ3n) is 5.48. The molecule has 0 aliphatic heterocycles. The predicted molar refractivity (Wildman–Crippen MR) is 120 cm³/mol. The van der Waals surface area contributed by atoms with Gasteiger partial charge in [0.1, 0.15) is 11.1 Å². The quantitative estimate of drug-likeness (QED) is 0.247. The molecule has 3 aromatic rings. The van der Waals surface area contributed by atoms with E-state index < -0.39 is 51.8 Å². The summed E-state index contributed by atoms with van der Waals surface area (Å²) < 4.78 is 5.03. The Kier molecular flexibility index (Phi) is 6.01. The number of amides is 1. The topological polar surface area (TPSA) is 124 Å². The zero-order valence-electron chi connectivity index (χ0n) is 18.0. The monoisotopic (exact) mass is 458 g/mol. The number of hydrogen-bond donors (Lipinski definition) is 0. The normalized spacial score (nSPS) is 11.9. The molecule has 1 amide bonds. The van der Waals surface area contributed by atoms with E-state index in [4.69, 9.17) is 4.74 Å². The average Bonchev–Trinajstić information content (AvgIpc) is 2.85. The molecule has 0 spiro atoms. The number of nitrogens with zero attached hydrogens (tertiary/aromatic N) is 2. The van der Waals surface area contributed by atoms with Gasteiger partial charge in [-0.05, 0) is 17.7 Å². The van der Waals surface area contributed by atoms with E-state index in [0.717, 1.165) is 11.6 Å². The van der Waals surface area contributed by atoms with Gasteiger partial charge in [-0.15, -0.1) is 0 Å². The number of benzene rings is 3. The Labute approximate surface area is 193 Å². The first kappa shape index (κ1) is 22.5. The van der Waals surface area contributed by atoms with Crippen molar-refractivity contribution in [1.82, 2.24) is 4.90 Å². The fraction of sp³-hybridized carbons (Fsp3) is 0.120. The summed E-state index contributed by atoms with van der Waals surface area (Å²) in [6.07, 6.45) is 0. The fourth-order valence-electron chi connectivity index (χ4n) is 3.78. The highest BCUT2D eigenvalue weighted by Crippen LogP contribution is 2.35. The lowest BCUT2D eigenvalue weighted by atomic mass is 9.82. The SMILES string of the molecule is CN(Cc1ccccc1)C(=O)COC(=O)c1ccc2c(c1[N+](=O)[O-])C(=O)c1ccccc1C2=O. The number of carbonyl (C=O) groups excluding carboxylic acids is 4. The van der Waals surface area contributed by atoms with Crippen molar-refractivity contribution in [3.63, 3.8) is 0 Å². The minimum Gasteiger partial charge on any atom is -0.452 e. The Morgan fingerprint density at radius 1 is 0.882 bits per heavy atom. The van der Waals surface area contributed by atoms with Crippen LogP contribution in [0.15, 0.2) is 66.7 Å². The molecule has 0 radical (unpaired) electrons. The molecule has 0 saturated carbocycles. The summed E-state index contributed by atoms with van der Waals surface area (Å²) in [5, 5.41) is 11.9. The summed E-state index contributed by atoms with van der Waals surface area (Å²) in [6.45, 7) is -0.363. The van der Waals surface area contributed by atoms with Gasteiger partial charge in [-0.25, -0.2) is 4.79 Å². The molecule has 4 rings (SSSR count). The standard InChI is InChI=1S/C25H18N2O7/c1-26(13-15-7-3-2-4-8-15)20(28)14-34-25(31)19-12-11-18-21(22(19)27(32)33)24(30)17-10-6-5-9-16(17)23(18)29/h2-12H,13-14H2,1H3. The zero-order chi connectivity index (χ0) is 24.4. The van der Waals surface area contributed by atoms with Crippen LogP contribution in [0.4, 0.5) is 5.69 Å². The van der Waals surface area contributed by atoms with Crippen molar-refractivity contribution in [3.05, 3.63) is 110 Å². The lowest BCUT2D eigenvalue weighted by Crippen LogP contribution is -2.31. The van der Waals surface area contributed by atoms with Crippen molar-refractivity contribution in [2.75, 3.05) is 13.7 Å². The summed E-state index contributed by atoms with van der Waals surface area (Å²) in [7, 11) is 1.53. The second-order valence-corrected chi connectivity index (χ2v) is 7.66. The molecule has 170 valence electrons. The maximum atomic E-state index is 13.0. The van der Waals surface area contributed by atoms with Crippen LogP contribution < -0.4 is 0 Å². The molecule has 9 heteroatoms. The number of ether oxygens (including phenoxy) is 1. The Hall–Kier alpha value is -4.66. The molecular formula is C25H18N2O7. The van der Waals surface area contributed by atoms with Crippen LogP contribution in [0.25, 0.3) is 0 Å². The molecule has 0 atom stereocenters. The van der Waals surface area contributed by atoms with Gasteiger partial charge in [-0.1, -0.05) is 54.6 Å². The second kappa shape index (κ2) is 9.07. The van der Waals surface area contributed by atoms with Crippen LogP contribution in [-0.2, 0) is 16.1 Å². The summed E-state index contributed by atoms with van der Waals surface area (Å²) in [4.78, 5) is 63.2. The number of likely N-dealkylation sites (N-methyl/N-ethyl adjacent to an activating group) is 1. The number of esters is 1. The molecule has 1 aliphatic carbocycles. The smallest absolute Gasteiger partial charge is 0.345 e. The van der Waals surface area contributed by atoms with Gasteiger partial charge in [-0.2, -0.15) is 0 Å². The Bertz CT molecular complexity index is 1350. The molecule has 1 aliphatic rings. The van der Waals surface area contributed by atoms with Crippen LogP contribution in [0.5, 0.6) is 0 Å². The van der Waals surface area contributed by atoms with Crippen LogP contribution in [0.2, 0.25) is 0 Å². The number of fused-ring (bicyclic) bond motifs is 2. The molecule has 0 bridgehead atoms. The van der Waals surface area contributed by atoms with E-state index in [9.17, 15) is 29.3 Å². The van der Waals surface area contributed by atoms with E-state index in [2.05, 4.69) is 0 Å². The van der Waals surface area contributed by atoms with E-state index in [0.29, 0.717) is 0 Å². The lowest BCUT2D eigenvalue weighted by Gasteiger charge is -2.19. The van der Waals surface area contributed by atoms with E-state index in [1.165, 1.54) is 36.2 Å². The highest BCUT2D eigenvalue weighted by Gasteiger charge is 2.39. The summed E-state index contributed by atoms with van der Waals surface area (Å²) in [6, 6.07) is 17.4.